The fourth-order valence-electron chi connectivity index (χ4n) is 3.15. The van der Waals surface area contributed by atoms with E-state index < -0.39 is 0 Å². The summed E-state index contributed by atoms with van der Waals surface area (Å²) >= 11 is 0. The van der Waals surface area contributed by atoms with Crippen LogP contribution in [0.4, 0.5) is 23.1 Å². The first-order chi connectivity index (χ1) is 15.6. The zero-order chi connectivity index (χ0) is 22.5. The van der Waals surface area contributed by atoms with Gasteiger partial charge in [0.25, 0.3) is 5.91 Å². The predicted octanol–water partition coefficient (Wildman–Crippen LogP) is 2.73. The first-order valence-electron chi connectivity index (χ1n) is 9.72. The number of amides is 1. The summed E-state index contributed by atoms with van der Waals surface area (Å²) in [5.41, 5.74) is 8.97. The summed E-state index contributed by atoms with van der Waals surface area (Å²) in [6.07, 6.45) is 6.31. The second kappa shape index (κ2) is 9.04. The van der Waals surface area contributed by atoms with Gasteiger partial charge in [0.1, 0.15) is 0 Å². The van der Waals surface area contributed by atoms with Crippen LogP contribution >= 0.6 is 0 Å². The van der Waals surface area contributed by atoms with E-state index in [0.29, 0.717) is 29.4 Å². The molecule has 0 bridgehead atoms. The highest BCUT2D eigenvalue weighted by Gasteiger charge is 2.14. The Bertz CT molecular complexity index is 1290. The zero-order valence-corrected chi connectivity index (χ0v) is 17.4. The quantitative estimate of drug-likeness (QED) is 0.303. The number of aromatic nitrogens is 4. The number of nitrogens with two attached hydrogens (primary N) is 1. The van der Waals surface area contributed by atoms with E-state index in [2.05, 4.69) is 42.4 Å². The lowest BCUT2D eigenvalue weighted by Crippen LogP contribution is -2.19. The molecule has 0 fully saturated rings. The first-order valence-corrected chi connectivity index (χ1v) is 9.72. The number of carbonyl (C=O) groups is 1. The van der Waals surface area contributed by atoms with Gasteiger partial charge in [0.15, 0.2) is 17.5 Å². The van der Waals surface area contributed by atoms with Gasteiger partial charge in [-0.15, -0.1) is 0 Å². The van der Waals surface area contributed by atoms with Crippen molar-refractivity contribution in [2.45, 2.75) is 6.54 Å². The van der Waals surface area contributed by atoms with Gasteiger partial charge in [0.2, 0.25) is 0 Å². The van der Waals surface area contributed by atoms with Crippen LogP contribution in [0.3, 0.4) is 0 Å². The molecule has 0 atom stereocenters. The largest absolute Gasteiger partial charge is 0.381 e. The number of carbonyl (C=O) groups excluding carboxylic acids is 1. The van der Waals surface area contributed by atoms with Crippen LogP contribution in [-0.2, 0) is 6.54 Å². The van der Waals surface area contributed by atoms with Gasteiger partial charge in [0, 0.05) is 31.5 Å². The van der Waals surface area contributed by atoms with E-state index in [9.17, 15) is 4.79 Å². The van der Waals surface area contributed by atoms with Crippen molar-refractivity contribution < 1.29 is 4.79 Å². The van der Waals surface area contributed by atoms with E-state index >= 15 is 0 Å². The van der Waals surface area contributed by atoms with Crippen LogP contribution in [0.2, 0.25) is 0 Å². The fourth-order valence-corrected chi connectivity index (χ4v) is 3.15. The van der Waals surface area contributed by atoms with Crippen LogP contribution in [0.5, 0.6) is 0 Å². The molecule has 4 N–H and O–H groups in total. The third-order valence-electron chi connectivity index (χ3n) is 4.70. The summed E-state index contributed by atoms with van der Waals surface area (Å²) in [4.78, 5) is 29.0. The van der Waals surface area contributed by atoms with Crippen LogP contribution in [0, 0.1) is 0 Å². The number of anilines is 4. The average Bonchev–Trinajstić information content (AvgIpc) is 2.83. The number of hydrogen-bond donors (Lipinski definition) is 3. The Labute approximate surface area is 184 Å². The summed E-state index contributed by atoms with van der Waals surface area (Å²) in [6.45, 7) is 4.05. The Morgan fingerprint density at radius 2 is 2.06 bits per heavy atom. The Morgan fingerprint density at radius 3 is 2.88 bits per heavy atom. The van der Waals surface area contributed by atoms with Crippen LogP contribution in [0.15, 0.2) is 66.3 Å². The highest BCUT2D eigenvalue weighted by molar-refractivity contribution is 5.94. The van der Waals surface area contributed by atoms with Crippen molar-refractivity contribution >= 4 is 46.7 Å². The molecule has 32 heavy (non-hydrogen) atoms. The fraction of sp³-hybridized carbons (Fsp3) is 0.0909. The Kier molecular flexibility index (Phi) is 5.84. The number of nitrogen functional groups attached to an aromatic ring is 1. The average molecular weight is 427 g/mol. The van der Waals surface area contributed by atoms with Crippen LogP contribution in [0.1, 0.15) is 15.9 Å². The van der Waals surface area contributed by atoms with Gasteiger partial charge in [-0.2, -0.15) is 5.10 Å². The highest BCUT2D eigenvalue weighted by atomic mass is 16.1. The monoisotopic (exact) mass is 427 g/mol. The molecule has 10 nitrogen and oxygen atoms in total. The molecule has 0 saturated heterocycles. The maximum Gasteiger partial charge on any atom is 0.252 e. The van der Waals surface area contributed by atoms with Crippen LogP contribution < -0.4 is 21.4 Å². The van der Waals surface area contributed by atoms with Crippen LogP contribution in [-0.4, -0.2) is 39.6 Å². The van der Waals surface area contributed by atoms with E-state index in [0.717, 1.165) is 16.5 Å². The van der Waals surface area contributed by atoms with Crippen molar-refractivity contribution in [3.63, 3.8) is 0 Å². The SMILES string of the molecule is C=NN(Cc1ccc2ncccc2c1)c1nc(Nc2cncc(C(=O)NC)c2)cnc1N. The van der Waals surface area contributed by atoms with Crippen molar-refractivity contribution in [1.29, 1.82) is 0 Å². The third-order valence-corrected chi connectivity index (χ3v) is 4.70. The molecule has 0 spiro atoms. The molecule has 0 aliphatic carbocycles. The maximum atomic E-state index is 11.8. The minimum Gasteiger partial charge on any atom is -0.381 e. The third kappa shape index (κ3) is 4.43. The minimum absolute atomic E-state index is 0.211. The molecule has 3 aromatic heterocycles. The molecule has 0 aliphatic rings. The maximum absolute atomic E-state index is 11.8. The van der Waals surface area contributed by atoms with Gasteiger partial charge < -0.3 is 16.4 Å². The number of pyridine rings is 2. The molecule has 3 heterocycles. The van der Waals surface area contributed by atoms with Crippen LogP contribution in [0.25, 0.3) is 10.9 Å². The number of nitrogens with zero attached hydrogens (tertiary/aromatic N) is 6. The lowest BCUT2D eigenvalue weighted by Gasteiger charge is -2.19. The van der Waals surface area contributed by atoms with Crippen molar-refractivity contribution in [2.24, 2.45) is 5.10 Å². The molecule has 0 radical (unpaired) electrons. The number of hydrogen-bond acceptors (Lipinski definition) is 9. The predicted molar refractivity (Wildman–Crippen MR) is 125 cm³/mol. The Morgan fingerprint density at radius 1 is 1.19 bits per heavy atom. The molecule has 0 aliphatic heterocycles. The summed E-state index contributed by atoms with van der Waals surface area (Å²) < 4.78 is 0. The minimum atomic E-state index is -0.238. The molecule has 1 aromatic carbocycles. The number of nitrogens with one attached hydrogen (secondary N) is 2. The first kappa shape index (κ1) is 20.7. The van der Waals surface area contributed by atoms with Crippen molar-refractivity contribution in [2.75, 3.05) is 23.1 Å². The molecular weight excluding hydrogens is 406 g/mol. The molecule has 0 unspecified atom stereocenters. The van der Waals surface area contributed by atoms with Gasteiger partial charge in [-0.3, -0.25) is 14.8 Å². The summed E-state index contributed by atoms with van der Waals surface area (Å²) in [5.74, 6) is 0.744. The van der Waals surface area contributed by atoms with Gasteiger partial charge in [-0.25, -0.2) is 15.0 Å². The molecule has 160 valence electrons. The van der Waals surface area contributed by atoms with Gasteiger partial charge >= 0.3 is 0 Å². The van der Waals surface area contributed by atoms with E-state index in [4.69, 9.17) is 5.73 Å². The van der Waals surface area contributed by atoms with Gasteiger partial charge in [0.05, 0.1) is 35.7 Å². The zero-order valence-electron chi connectivity index (χ0n) is 17.4. The van der Waals surface area contributed by atoms with E-state index in [1.165, 1.54) is 12.4 Å². The van der Waals surface area contributed by atoms with E-state index in [-0.39, 0.29) is 11.7 Å². The molecule has 4 rings (SSSR count). The Hall–Kier alpha value is -4.60. The van der Waals surface area contributed by atoms with Crippen molar-refractivity contribution in [3.8, 4) is 0 Å². The summed E-state index contributed by atoms with van der Waals surface area (Å²) in [5, 5.41) is 12.3. The molecule has 10 heteroatoms. The van der Waals surface area contributed by atoms with Crippen molar-refractivity contribution in [3.05, 3.63) is 72.3 Å². The number of hydrazone groups is 1. The van der Waals surface area contributed by atoms with Gasteiger partial charge in [-0.1, -0.05) is 12.1 Å². The highest BCUT2D eigenvalue weighted by Crippen LogP contribution is 2.25. The molecule has 0 saturated carbocycles. The molecule has 1 amide bonds. The van der Waals surface area contributed by atoms with Crippen molar-refractivity contribution in [1.82, 2.24) is 25.3 Å². The van der Waals surface area contributed by atoms with Gasteiger partial charge in [-0.05, 0) is 29.8 Å². The normalized spacial score (nSPS) is 10.5. The lowest BCUT2D eigenvalue weighted by atomic mass is 10.1. The number of benzene rings is 1. The summed E-state index contributed by atoms with van der Waals surface area (Å²) in [7, 11) is 1.56. The van der Waals surface area contributed by atoms with E-state index in [1.807, 2.05) is 30.3 Å². The Balaban J connectivity index is 1.59. The topological polar surface area (TPSA) is 134 Å². The lowest BCUT2D eigenvalue weighted by molar-refractivity contribution is 0.0963. The van der Waals surface area contributed by atoms with E-state index in [1.54, 1.807) is 30.5 Å². The number of rotatable bonds is 7. The standard InChI is InChI=1S/C22H21N9O/c1-24-22(32)16-9-17(11-26-10-16)29-19-12-28-20(23)21(30-19)31(25-2)13-14-5-6-18-15(8-14)4-3-7-27-18/h3-12H,2,13H2,1H3,(H2,23,28)(H,24,32)(H,29,30). The molecular formula is C22H21N9O. The number of fused-ring (bicyclic) bond motifs is 1. The smallest absolute Gasteiger partial charge is 0.252 e. The second-order valence-corrected chi connectivity index (χ2v) is 6.86. The second-order valence-electron chi connectivity index (χ2n) is 6.86. The summed E-state index contributed by atoms with van der Waals surface area (Å²) in [6, 6.07) is 11.5. The molecule has 4 aromatic rings.